The Kier molecular flexibility index (Phi) is 8.03. The molecule has 3 rings (SSSR count). The highest BCUT2D eigenvalue weighted by Gasteiger charge is 2.19. The smallest absolute Gasteiger partial charge is 0.316 e. The van der Waals surface area contributed by atoms with Gasteiger partial charge in [0.2, 0.25) is 0 Å². The Balaban J connectivity index is 1.55. The summed E-state index contributed by atoms with van der Waals surface area (Å²) in [5.41, 5.74) is 1.25. The van der Waals surface area contributed by atoms with E-state index in [4.69, 9.17) is 4.74 Å². The van der Waals surface area contributed by atoms with Gasteiger partial charge < -0.3 is 9.30 Å². The fourth-order valence-corrected chi connectivity index (χ4v) is 4.74. The Morgan fingerprint density at radius 1 is 1.21 bits per heavy atom. The first kappa shape index (κ1) is 21.0. The van der Waals surface area contributed by atoms with Crippen molar-refractivity contribution in [1.29, 1.82) is 0 Å². The third-order valence-electron chi connectivity index (χ3n) is 4.66. The second-order valence-corrected chi connectivity index (χ2v) is 8.93. The number of hydrogen-bond donors (Lipinski definition) is 0. The molecule has 1 fully saturated rings. The molecule has 0 amide bonds. The molecule has 1 heterocycles. The molecule has 0 saturated heterocycles. The zero-order valence-corrected chi connectivity index (χ0v) is 17.9. The highest BCUT2D eigenvalue weighted by atomic mass is 32.2. The van der Waals surface area contributed by atoms with Crippen molar-refractivity contribution in [2.24, 2.45) is 0 Å². The van der Waals surface area contributed by atoms with Gasteiger partial charge in [0.15, 0.2) is 5.16 Å². The molecule has 0 spiro atoms. The maximum absolute atomic E-state index is 12.2. The van der Waals surface area contributed by atoms with E-state index in [9.17, 15) is 4.79 Å². The van der Waals surface area contributed by atoms with Crippen LogP contribution in [0.3, 0.4) is 0 Å². The molecule has 0 unspecified atom stereocenters. The number of thioether (sulfide) groups is 2. The largest absolute Gasteiger partial charge is 0.462 e. The molecular formula is C21H27N3O2S2. The summed E-state index contributed by atoms with van der Waals surface area (Å²) >= 11 is 3.11. The quantitative estimate of drug-likeness (QED) is 0.324. The van der Waals surface area contributed by atoms with E-state index in [2.05, 4.69) is 48.0 Å². The monoisotopic (exact) mass is 417 g/mol. The molecule has 0 atom stereocenters. The van der Waals surface area contributed by atoms with E-state index >= 15 is 0 Å². The molecule has 0 aliphatic heterocycles. The lowest BCUT2D eigenvalue weighted by Crippen LogP contribution is -2.22. The Morgan fingerprint density at radius 2 is 1.96 bits per heavy atom. The van der Waals surface area contributed by atoms with Gasteiger partial charge in [-0.15, -0.1) is 28.5 Å². The molecule has 1 saturated carbocycles. The zero-order chi connectivity index (χ0) is 19.8. The van der Waals surface area contributed by atoms with E-state index in [1.807, 2.05) is 10.6 Å². The maximum Gasteiger partial charge on any atom is 0.316 e. The van der Waals surface area contributed by atoms with E-state index in [1.165, 1.54) is 28.6 Å². The standard InChI is InChI=1S/C21H27N3O2S2/c1-3-13-24-19(14-27-18-11-9-16(2)10-12-18)22-23-21(24)28-15-20(25)26-17-7-5-4-6-8-17/h3,9-12,17H,1,4-8,13-15H2,2H3. The van der Waals surface area contributed by atoms with Crippen molar-refractivity contribution >= 4 is 29.5 Å². The number of allylic oxidation sites excluding steroid dienone is 1. The van der Waals surface area contributed by atoms with Crippen LogP contribution in [0.2, 0.25) is 0 Å². The van der Waals surface area contributed by atoms with Gasteiger partial charge in [0.1, 0.15) is 11.9 Å². The maximum atomic E-state index is 12.2. The number of nitrogens with zero attached hydrogens (tertiary/aromatic N) is 3. The van der Waals surface area contributed by atoms with Gasteiger partial charge in [-0.05, 0) is 44.7 Å². The Bertz CT molecular complexity index is 783. The molecule has 0 N–H and O–H groups in total. The highest BCUT2D eigenvalue weighted by molar-refractivity contribution is 7.99. The summed E-state index contributed by atoms with van der Waals surface area (Å²) in [4.78, 5) is 13.4. The third-order valence-corrected chi connectivity index (χ3v) is 6.61. The third kappa shape index (κ3) is 6.14. The molecule has 5 nitrogen and oxygen atoms in total. The number of rotatable bonds is 9. The second kappa shape index (κ2) is 10.7. The molecule has 1 aromatic heterocycles. The number of ether oxygens (including phenoxy) is 1. The van der Waals surface area contributed by atoms with Gasteiger partial charge in [0.05, 0.1) is 11.5 Å². The molecule has 1 aliphatic carbocycles. The van der Waals surface area contributed by atoms with Gasteiger partial charge in [-0.25, -0.2) is 0 Å². The summed E-state index contributed by atoms with van der Waals surface area (Å²) in [7, 11) is 0. The minimum Gasteiger partial charge on any atom is -0.462 e. The number of aryl methyl sites for hydroxylation is 1. The topological polar surface area (TPSA) is 57.0 Å². The lowest BCUT2D eigenvalue weighted by atomic mass is 9.98. The van der Waals surface area contributed by atoms with Crippen LogP contribution in [-0.2, 0) is 21.8 Å². The van der Waals surface area contributed by atoms with Crippen molar-refractivity contribution in [3.63, 3.8) is 0 Å². The summed E-state index contributed by atoms with van der Waals surface area (Å²) in [5.74, 6) is 1.70. The Morgan fingerprint density at radius 3 is 2.68 bits per heavy atom. The normalized spacial score (nSPS) is 14.8. The molecule has 150 valence electrons. The number of carbonyl (C=O) groups is 1. The molecule has 1 aromatic carbocycles. The fraction of sp³-hybridized carbons (Fsp3) is 0.476. The lowest BCUT2D eigenvalue weighted by molar-refractivity contribution is -0.147. The van der Waals surface area contributed by atoms with Gasteiger partial charge in [-0.2, -0.15) is 0 Å². The summed E-state index contributed by atoms with van der Waals surface area (Å²) < 4.78 is 7.61. The van der Waals surface area contributed by atoms with Crippen LogP contribution in [0.1, 0.15) is 43.5 Å². The van der Waals surface area contributed by atoms with Crippen molar-refractivity contribution in [3.8, 4) is 0 Å². The number of carbonyl (C=O) groups excluding carboxylic acids is 1. The van der Waals surface area contributed by atoms with Gasteiger partial charge >= 0.3 is 5.97 Å². The molecule has 0 radical (unpaired) electrons. The van der Waals surface area contributed by atoms with Crippen LogP contribution < -0.4 is 0 Å². The number of benzene rings is 1. The molecule has 7 heteroatoms. The molecular weight excluding hydrogens is 390 g/mol. The first-order valence-corrected chi connectivity index (χ1v) is 11.7. The van der Waals surface area contributed by atoms with Crippen molar-refractivity contribution in [2.45, 2.75) is 67.5 Å². The SMILES string of the molecule is C=CCn1c(CSc2ccc(C)cc2)nnc1SCC(=O)OC1CCCCC1. The van der Waals surface area contributed by atoms with E-state index in [0.29, 0.717) is 6.54 Å². The first-order valence-electron chi connectivity index (χ1n) is 9.70. The molecule has 28 heavy (non-hydrogen) atoms. The van der Waals surface area contributed by atoms with Crippen LogP contribution in [0.5, 0.6) is 0 Å². The molecule has 0 bridgehead atoms. The van der Waals surface area contributed by atoms with Crippen LogP contribution in [0.4, 0.5) is 0 Å². The highest BCUT2D eigenvalue weighted by Crippen LogP contribution is 2.26. The first-order chi connectivity index (χ1) is 13.7. The van der Waals surface area contributed by atoms with Crippen LogP contribution in [-0.4, -0.2) is 32.6 Å². The van der Waals surface area contributed by atoms with Crippen molar-refractivity contribution in [3.05, 3.63) is 48.3 Å². The van der Waals surface area contributed by atoms with Gasteiger partial charge in [0.25, 0.3) is 0 Å². The van der Waals surface area contributed by atoms with Gasteiger partial charge in [-0.3, -0.25) is 4.79 Å². The zero-order valence-electron chi connectivity index (χ0n) is 16.3. The van der Waals surface area contributed by atoms with Gasteiger partial charge in [-0.1, -0.05) is 42.0 Å². The lowest BCUT2D eigenvalue weighted by Gasteiger charge is -2.21. The summed E-state index contributed by atoms with van der Waals surface area (Å²) in [5, 5.41) is 9.36. The average Bonchev–Trinajstić information content (AvgIpc) is 3.09. The predicted molar refractivity (Wildman–Crippen MR) is 115 cm³/mol. The number of hydrogen-bond acceptors (Lipinski definition) is 6. The van der Waals surface area contributed by atoms with Crippen molar-refractivity contribution in [1.82, 2.24) is 14.8 Å². The number of esters is 1. The van der Waals surface area contributed by atoms with E-state index in [0.717, 1.165) is 42.4 Å². The van der Waals surface area contributed by atoms with Gasteiger partial charge in [0, 0.05) is 11.4 Å². The predicted octanol–water partition coefficient (Wildman–Crippen LogP) is 5.03. The Labute approximate surface area is 175 Å². The minimum absolute atomic E-state index is 0.0920. The van der Waals surface area contributed by atoms with Crippen LogP contribution in [0.25, 0.3) is 0 Å². The molecule has 2 aromatic rings. The van der Waals surface area contributed by atoms with Crippen molar-refractivity contribution in [2.75, 3.05) is 5.75 Å². The van der Waals surface area contributed by atoms with Crippen LogP contribution >= 0.6 is 23.5 Å². The van der Waals surface area contributed by atoms with E-state index < -0.39 is 0 Å². The van der Waals surface area contributed by atoms with Crippen LogP contribution in [0, 0.1) is 6.92 Å². The summed E-state index contributed by atoms with van der Waals surface area (Å²) in [6.07, 6.45) is 7.45. The van der Waals surface area contributed by atoms with Crippen molar-refractivity contribution < 1.29 is 9.53 Å². The Hall–Kier alpha value is -1.73. The fourth-order valence-electron chi connectivity index (χ4n) is 3.15. The van der Waals surface area contributed by atoms with E-state index in [1.54, 1.807) is 11.8 Å². The summed E-state index contributed by atoms with van der Waals surface area (Å²) in [6, 6.07) is 8.45. The minimum atomic E-state index is -0.166. The second-order valence-electron chi connectivity index (χ2n) is 6.94. The number of aromatic nitrogens is 3. The summed E-state index contributed by atoms with van der Waals surface area (Å²) in [6.45, 7) is 6.54. The van der Waals surface area contributed by atoms with Crippen LogP contribution in [0.15, 0.2) is 47.0 Å². The molecule has 1 aliphatic rings. The van der Waals surface area contributed by atoms with E-state index in [-0.39, 0.29) is 17.8 Å². The average molecular weight is 418 g/mol.